The molecule has 0 bridgehead atoms. The van der Waals surface area contributed by atoms with Crippen molar-refractivity contribution in [2.75, 3.05) is 13.2 Å². The number of nitrogens with one attached hydrogen (secondary N) is 1. The van der Waals surface area contributed by atoms with Gasteiger partial charge in [-0.3, -0.25) is 14.6 Å². The highest BCUT2D eigenvalue weighted by Crippen LogP contribution is 2.41. The summed E-state index contributed by atoms with van der Waals surface area (Å²) in [6.45, 7) is -0.169. The van der Waals surface area contributed by atoms with Crippen LogP contribution in [0.2, 0.25) is 0 Å². The van der Waals surface area contributed by atoms with Crippen molar-refractivity contribution in [3.05, 3.63) is 36.2 Å². The number of hydrogen-bond donors (Lipinski definition) is 2. The molecule has 2 aromatic heterocycles. The van der Waals surface area contributed by atoms with Crippen LogP contribution in [0.4, 0.5) is 0 Å². The van der Waals surface area contributed by atoms with E-state index in [9.17, 15) is 14.7 Å². The molecule has 2 amide bonds. The van der Waals surface area contributed by atoms with Crippen molar-refractivity contribution in [1.82, 2.24) is 19.8 Å². The minimum Gasteiger partial charge on any atom is -0.387 e. The van der Waals surface area contributed by atoms with E-state index < -0.39 is 18.6 Å². The van der Waals surface area contributed by atoms with Crippen LogP contribution in [-0.4, -0.2) is 62.4 Å². The highest BCUT2D eigenvalue weighted by molar-refractivity contribution is 6.12. The van der Waals surface area contributed by atoms with Gasteiger partial charge >= 0.3 is 0 Å². The Labute approximate surface area is 162 Å². The standard InChI is InChI=1S/C20H23N5O3/c26-11-17(27)24-15-6-2-1-5-13(15)23-14-10-21-20(28)18(14)19(24)16-7-3-4-12-8-9-22-25(12)16/h3-4,7-9,13,15,18-19,26H,1-2,5-6,10-11H2,(H,21,28)/t13-,15?,18?,19-/m1/s1. The van der Waals surface area contributed by atoms with Gasteiger partial charge in [-0.2, -0.15) is 5.10 Å². The number of aliphatic imine (C=N–C) groups is 1. The number of aliphatic hydroxyl groups is 1. The van der Waals surface area contributed by atoms with Crippen LogP contribution in [0.25, 0.3) is 5.52 Å². The second kappa shape index (κ2) is 6.70. The average Bonchev–Trinajstić information content (AvgIpc) is 3.30. The number of fused-ring (bicyclic) bond motifs is 3. The molecule has 8 nitrogen and oxygen atoms in total. The minimum atomic E-state index is -0.585. The molecule has 146 valence electrons. The van der Waals surface area contributed by atoms with Gasteiger partial charge in [-0.25, -0.2) is 4.52 Å². The van der Waals surface area contributed by atoms with E-state index >= 15 is 0 Å². The van der Waals surface area contributed by atoms with E-state index in [4.69, 9.17) is 4.99 Å². The number of rotatable bonds is 2. The zero-order valence-electron chi connectivity index (χ0n) is 15.5. The Hall–Kier alpha value is -2.74. The zero-order chi connectivity index (χ0) is 19.3. The largest absolute Gasteiger partial charge is 0.387 e. The summed E-state index contributed by atoms with van der Waals surface area (Å²) in [6.07, 6.45) is 5.50. The van der Waals surface area contributed by atoms with Gasteiger partial charge in [0.2, 0.25) is 11.8 Å². The van der Waals surface area contributed by atoms with Crippen LogP contribution >= 0.6 is 0 Å². The van der Waals surface area contributed by atoms with Crippen LogP contribution in [0.1, 0.15) is 37.4 Å². The third kappa shape index (κ3) is 2.55. The summed E-state index contributed by atoms with van der Waals surface area (Å²) in [7, 11) is 0. The van der Waals surface area contributed by atoms with Crippen molar-refractivity contribution in [2.45, 2.75) is 43.8 Å². The van der Waals surface area contributed by atoms with Gasteiger partial charge in [-0.15, -0.1) is 0 Å². The molecule has 1 saturated carbocycles. The van der Waals surface area contributed by atoms with Gasteiger partial charge in [-0.1, -0.05) is 18.9 Å². The van der Waals surface area contributed by atoms with Gasteiger partial charge in [0, 0.05) is 11.9 Å². The molecule has 2 aromatic rings. The minimum absolute atomic E-state index is 0.0312. The fourth-order valence-corrected chi connectivity index (χ4v) is 5.08. The molecule has 0 radical (unpaired) electrons. The molecule has 0 aromatic carbocycles. The number of aromatic nitrogens is 2. The second-order valence-electron chi connectivity index (χ2n) is 7.76. The number of pyridine rings is 1. The number of carbonyl (C=O) groups excluding carboxylic acids is 2. The molecule has 0 spiro atoms. The van der Waals surface area contributed by atoms with Crippen molar-refractivity contribution in [2.24, 2.45) is 10.9 Å². The lowest BCUT2D eigenvalue weighted by Crippen LogP contribution is -2.52. The SMILES string of the molecule is O=C1NCC2=N[C@@H]3CCCCC3N(C(=O)CO)[C@H](c3cccc4ccnn34)C12. The molecule has 3 aliphatic rings. The van der Waals surface area contributed by atoms with Crippen LogP contribution in [-0.2, 0) is 9.59 Å². The van der Waals surface area contributed by atoms with E-state index in [-0.39, 0.29) is 23.9 Å². The molecule has 2 N–H and O–H groups in total. The molecule has 4 atom stereocenters. The lowest BCUT2D eigenvalue weighted by atomic mass is 9.87. The molecule has 1 aliphatic carbocycles. The zero-order valence-corrected chi connectivity index (χ0v) is 15.5. The Balaban J connectivity index is 1.74. The summed E-state index contributed by atoms with van der Waals surface area (Å²) in [6, 6.07) is 6.98. The first kappa shape index (κ1) is 17.4. The Kier molecular flexibility index (Phi) is 4.16. The van der Waals surface area contributed by atoms with E-state index in [0.29, 0.717) is 6.54 Å². The van der Waals surface area contributed by atoms with Crippen LogP contribution in [0.3, 0.4) is 0 Å². The summed E-state index contributed by atoms with van der Waals surface area (Å²) in [4.78, 5) is 32.5. The molecule has 8 heteroatoms. The first-order valence-electron chi connectivity index (χ1n) is 9.88. The van der Waals surface area contributed by atoms with Crippen molar-refractivity contribution in [1.29, 1.82) is 0 Å². The van der Waals surface area contributed by atoms with Gasteiger partial charge in [-0.05, 0) is 31.0 Å². The fraction of sp³-hybridized carbons (Fsp3) is 0.500. The maximum absolute atomic E-state index is 13.0. The van der Waals surface area contributed by atoms with E-state index in [2.05, 4.69) is 10.4 Å². The summed E-state index contributed by atoms with van der Waals surface area (Å²) >= 11 is 0. The monoisotopic (exact) mass is 381 g/mol. The first-order chi connectivity index (χ1) is 13.7. The van der Waals surface area contributed by atoms with E-state index in [0.717, 1.165) is 42.6 Å². The number of carbonyl (C=O) groups is 2. The Morgan fingerprint density at radius 3 is 2.96 bits per heavy atom. The summed E-state index contributed by atoms with van der Waals surface area (Å²) < 4.78 is 1.79. The number of aliphatic hydroxyl groups excluding tert-OH is 1. The van der Waals surface area contributed by atoms with Gasteiger partial charge in [0.15, 0.2) is 0 Å². The van der Waals surface area contributed by atoms with Crippen molar-refractivity contribution in [3.63, 3.8) is 0 Å². The topological polar surface area (TPSA) is 99.3 Å². The normalized spacial score (nSPS) is 29.7. The average molecular weight is 381 g/mol. The van der Waals surface area contributed by atoms with E-state index in [1.54, 1.807) is 15.6 Å². The molecular formula is C20H23N5O3. The molecule has 1 saturated heterocycles. The fourth-order valence-electron chi connectivity index (χ4n) is 5.08. The highest BCUT2D eigenvalue weighted by atomic mass is 16.3. The van der Waals surface area contributed by atoms with E-state index in [1.165, 1.54) is 0 Å². The summed E-state index contributed by atoms with van der Waals surface area (Å²) in [5.41, 5.74) is 2.48. The third-order valence-electron chi connectivity index (χ3n) is 6.26. The van der Waals surface area contributed by atoms with E-state index in [1.807, 2.05) is 24.3 Å². The molecule has 4 heterocycles. The van der Waals surface area contributed by atoms with Gasteiger partial charge < -0.3 is 15.3 Å². The van der Waals surface area contributed by atoms with Crippen molar-refractivity contribution < 1.29 is 14.7 Å². The van der Waals surface area contributed by atoms with Gasteiger partial charge in [0.25, 0.3) is 0 Å². The van der Waals surface area contributed by atoms with Crippen LogP contribution in [0.5, 0.6) is 0 Å². The smallest absolute Gasteiger partial charge is 0.249 e. The number of nitrogens with zero attached hydrogens (tertiary/aromatic N) is 4. The predicted octanol–water partition coefficient (Wildman–Crippen LogP) is 0.708. The van der Waals surface area contributed by atoms with Crippen molar-refractivity contribution in [3.8, 4) is 0 Å². The summed E-state index contributed by atoms with van der Waals surface area (Å²) in [5, 5.41) is 17.1. The summed E-state index contributed by atoms with van der Waals surface area (Å²) in [5.74, 6) is -1.04. The molecule has 28 heavy (non-hydrogen) atoms. The molecule has 2 aliphatic heterocycles. The Bertz CT molecular complexity index is 968. The Morgan fingerprint density at radius 2 is 2.11 bits per heavy atom. The number of amides is 2. The Morgan fingerprint density at radius 1 is 1.25 bits per heavy atom. The molecule has 2 unspecified atom stereocenters. The van der Waals surface area contributed by atoms with Crippen LogP contribution < -0.4 is 5.32 Å². The van der Waals surface area contributed by atoms with Crippen molar-refractivity contribution >= 4 is 23.0 Å². The molecule has 2 fully saturated rings. The van der Waals surface area contributed by atoms with Gasteiger partial charge in [0.05, 0.1) is 35.9 Å². The highest BCUT2D eigenvalue weighted by Gasteiger charge is 2.50. The lowest BCUT2D eigenvalue weighted by Gasteiger charge is -2.42. The quantitative estimate of drug-likeness (QED) is 0.800. The second-order valence-corrected chi connectivity index (χ2v) is 7.76. The first-order valence-corrected chi connectivity index (χ1v) is 9.88. The molecular weight excluding hydrogens is 358 g/mol. The van der Waals surface area contributed by atoms with Gasteiger partial charge in [0.1, 0.15) is 12.5 Å². The maximum atomic E-state index is 13.0. The molecule has 5 rings (SSSR count). The van der Waals surface area contributed by atoms with Crippen LogP contribution in [0, 0.1) is 5.92 Å². The predicted molar refractivity (Wildman–Crippen MR) is 102 cm³/mol. The maximum Gasteiger partial charge on any atom is 0.249 e. The number of hydrogen-bond acceptors (Lipinski definition) is 5. The van der Waals surface area contributed by atoms with Crippen LogP contribution in [0.15, 0.2) is 35.5 Å². The lowest BCUT2D eigenvalue weighted by molar-refractivity contribution is -0.142. The third-order valence-corrected chi connectivity index (χ3v) is 6.26.